The maximum absolute atomic E-state index is 11.4. The maximum Gasteiger partial charge on any atom is 0.226 e. The van der Waals surface area contributed by atoms with E-state index < -0.39 is 0 Å². The number of benzene rings is 1. The molecule has 0 spiro atoms. The van der Waals surface area contributed by atoms with Crippen LogP contribution in [0.15, 0.2) is 18.2 Å². The summed E-state index contributed by atoms with van der Waals surface area (Å²) in [5.41, 5.74) is 1.76. The van der Waals surface area contributed by atoms with Crippen molar-refractivity contribution in [1.82, 2.24) is 0 Å². The highest BCUT2D eigenvalue weighted by atomic mass is 35.5. The first-order chi connectivity index (χ1) is 6.50. The number of carbonyl (C=O) groups excluding carboxylic acids is 1. The van der Waals surface area contributed by atoms with E-state index >= 15 is 0 Å². The zero-order valence-electron chi connectivity index (χ0n) is 8.60. The highest BCUT2D eigenvalue weighted by Crippen LogP contribution is 2.23. The van der Waals surface area contributed by atoms with E-state index in [9.17, 15) is 4.79 Å². The first-order valence-corrected chi connectivity index (χ1v) is 4.95. The second kappa shape index (κ2) is 4.47. The molecule has 0 aliphatic carbocycles. The molecule has 1 N–H and O–H groups in total. The molecule has 0 aromatic heterocycles. The van der Waals surface area contributed by atoms with E-state index in [1.807, 2.05) is 32.9 Å². The summed E-state index contributed by atoms with van der Waals surface area (Å²) in [6, 6.07) is 5.56. The lowest BCUT2D eigenvalue weighted by Crippen LogP contribution is -2.17. The molecule has 0 saturated carbocycles. The molecule has 1 aromatic carbocycles. The fourth-order valence-electron chi connectivity index (χ4n) is 1.01. The fourth-order valence-corrected chi connectivity index (χ4v) is 1.18. The molecule has 3 heteroatoms. The lowest BCUT2D eigenvalue weighted by Gasteiger charge is -2.09. The molecule has 1 aromatic rings. The predicted octanol–water partition coefficient (Wildman–Crippen LogP) is 3.24. The first kappa shape index (κ1) is 11.1. The quantitative estimate of drug-likeness (QED) is 0.800. The van der Waals surface area contributed by atoms with Gasteiger partial charge in [-0.25, -0.2) is 0 Å². The van der Waals surface area contributed by atoms with Crippen molar-refractivity contribution in [3.8, 4) is 0 Å². The molecule has 0 atom stereocenters. The van der Waals surface area contributed by atoms with Gasteiger partial charge in [-0.3, -0.25) is 4.79 Å². The van der Waals surface area contributed by atoms with Crippen LogP contribution in [0.2, 0.25) is 5.02 Å². The minimum atomic E-state index is -0.0356. The van der Waals surface area contributed by atoms with Crippen molar-refractivity contribution in [2.24, 2.45) is 5.92 Å². The van der Waals surface area contributed by atoms with E-state index in [1.165, 1.54) is 0 Å². The molecule has 0 fully saturated rings. The summed E-state index contributed by atoms with van der Waals surface area (Å²) < 4.78 is 0. The van der Waals surface area contributed by atoms with Crippen LogP contribution in [0.25, 0.3) is 0 Å². The SMILES string of the molecule is Cc1ccc(Cl)c(NC(=O)C(C)C)c1. The molecule has 0 saturated heterocycles. The topological polar surface area (TPSA) is 29.1 Å². The number of rotatable bonds is 2. The molecular weight excluding hydrogens is 198 g/mol. The Balaban J connectivity index is 2.86. The Morgan fingerprint density at radius 1 is 1.43 bits per heavy atom. The molecule has 0 heterocycles. The molecule has 1 amide bonds. The van der Waals surface area contributed by atoms with Gasteiger partial charge in [-0.1, -0.05) is 31.5 Å². The number of halogens is 1. The van der Waals surface area contributed by atoms with Gasteiger partial charge in [0.2, 0.25) is 5.91 Å². The van der Waals surface area contributed by atoms with Crippen LogP contribution in [0.1, 0.15) is 19.4 Å². The summed E-state index contributed by atoms with van der Waals surface area (Å²) in [7, 11) is 0. The summed E-state index contributed by atoms with van der Waals surface area (Å²) in [5, 5.41) is 3.35. The third-order valence-electron chi connectivity index (χ3n) is 1.90. The van der Waals surface area contributed by atoms with Gasteiger partial charge in [0.05, 0.1) is 10.7 Å². The molecule has 0 unspecified atom stereocenters. The van der Waals surface area contributed by atoms with Gasteiger partial charge < -0.3 is 5.32 Å². The van der Waals surface area contributed by atoms with Gasteiger partial charge in [0.15, 0.2) is 0 Å². The van der Waals surface area contributed by atoms with E-state index in [0.717, 1.165) is 5.56 Å². The molecular formula is C11H14ClNO. The lowest BCUT2D eigenvalue weighted by molar-refractivity contribution is -0.118. The fraction of sp³-hybridized carbons (Fsp3) is 0.364. The zero-order chi connectivity index (χ0) is 10.7. The minimum absolute atomic E-state index is 0.0162. The van der Waals surface area contributed by atoms with Crippen LogP contribution in [0.5, 0.6) is 0 Å². The monoisotopic (exact) mass is 211 g/mol. The van der Waals surface area contributed by atoms with Crippen molar-refractivity contribution in [1.29, 1.82) is 0 Å². The van der Waals surface area contributed by atoms with E-state index in [0.29, 0.717) is 10.7 Å². The smallest absolute Gasteiger partial charge is 0.226 e. The summed E-state index contributed by atoms with van der Waals surface area (Å²) in [6.45, 7) is 5.65. The predicted molar refractivity (Wildman–Crippen MR) is 59.7 cm³/mol. The third-order valence-corrected chi connectivity index (χ3v) is 2.23. The first-order valence-electron chi connectivity index (χ1n) is 4.57. The number of nitrogens with one attached hydrogen (secondary N) is 1. The van der Waals surface area contributed by atoms with Gasteiger partial charge in [-0.2, -0.15) is 0 Å². The molecule has 14 heavy (non-hydrogen) atoms. The van der Waals surface area contributed by atoms with Crippen LogP contribution in [0, 0.1) is 12.8 Å². The molecule has 1 rings (SSSR count). The number of aryl methyl sites for hydroxylation is 1. The van der Waals surface area contributed by atoms with Gasteiger partial charge in [0.25, 0.3) is 0 Å². The highest BCUT2D eigenvalue weighted by Gasteiger charge is 2.09. The maximum atomic E-state index is 11.4. The molecule has 2 nitrogen and oxygen atoms in total. The largest absolute Gasteiger partial charge is 0.325 e. The van der Waals surface area contributed by atoms with Gasteiger partial charge in [0, 0.05) is 5.92 Å². The number of hydrogen-bond donors (Lipinski definition) is 1. The number of hydrogen-bond acceptors (Lipinski definition) is 1. The molecule has 0 radical (unpaired) electrons. The Kier molecular flexibility index (Phi) is 3.53. The summed E-state index contributed by atoms with van der Waals surface area (Å²) in [6.07, 6.45) is 0. The van der Waals surface area contributed by atoms with Gasteiger partial charge in [0.1, 0.15) is 0 Å². The number of anilines is 1. The number of amides is 1. The molecule has 76 valence electrons. The van der Waals surface area contributed by atoms with Gasteiger partial charge in [-0.15, -0.1) is 0 Å². The summed E-state index contributed by atoms with van der Waals surface area (Å²) in [4.78, 5) is 11.4. The summed E-state index contributed by atoms with van der Waals surface area (Å²) >= 11 is 5.93. The van der Waals surface area contributed by atoms with Crippen molar-refractivity contribution in [3.05, 3.63) is 28.8 Å². The van der Waals surface area contributed by atoms with Gasteiger partial charge in [-0.05, 0) is 24.6 Å². The Morgan fingerprint density at radius 3 is 2.64 bits per heavy atom. The molecule has 0 aliphatic rings. The Hall–Kier alpha value is -1.02. The Morgan fingerprint density at radius 2 is 2.07 bits per heavy atom. The average Bonchev–Trinajstić information content (AvgIpc) is 2.11. The van der Waals surface area contributed by atoms with Crippen molar-refractivity contribution in [3.63, 3.8) is 0 Å². The molecule has 0 aliphatic heterocycles. The number of carbonyl (C=O) groups is 1. The van der Waals surface area contributed by atoms with Crippen LogP contribution in [-0.4, -0.2) is 5.91 Å². The van der Waals surface area contributed by atoms with Crippen molar-refractivity contribution >= 4 is 23.2 Å². The van der Waals surface area contributed by atoms with Crippen LogP contribution in [0.3, 0.4) is 0 Å². The van der Waals surface area contributed by atoms with Crippen LogP contribution >= 0.6 is 11.6 Å². The van der Waals surface area contributed by atoms with Crippen molar-refractivity contribution in [2.45, 2.75) is 20.8 Å². The second-order valence-corrected chi connectivity index (χ2v) is 4.03. The molecule has 0 bridgehead atoms. The van der Waals surface area contributed by atoms with Crippen LogP contribution in [-0.2, 0) is 4.79 Å². The lowest BCUT2D eigenvalue weighted by atomic mass is 10.2. The Labute approximate surface area is 89.3 Å². The minimum Gasteiger partial charge on any atom is -0.325 e. The third kappa shape index (κ3) is 2.74. The van der Waals surface area contributed by atoms with E-state index in [-0.39, 0.29) is 11.8 Å². The zero-order valence-corrected chi connectivity index (χ0v) is 9.35. The van der Waals surface area contributed by atoms with Crippen LogP contribution < -0.4 is 5.32 Å². The van der Waals surface area contributed by atoms with E-state index in [4.69, 9.17) is 11.6 Å². The average molecular weight is 212 g/mol. The Bertz CT molecular complexity index is 347. The van der Waals surface area contributed by atoms with Crippen molar-refractivity contribution in [2.75, 3.05) is 5.32 Å². The normalized spacial score (nSPS) is 10.4. The second-order valence-electron chi connectivity index (χ2n) is 3.63. The van der Waals surface area contributed by atoms with Crippen LogP contribution in [0.4, 0.5) is 5.69 Å². The van der Waals surface area contributed by atoms with E-state index in [1.54, 1.807) is 6.07 Å². The highest BCUT2D eigenvalue weighted by molar-refractivity contribution is 6.33. The van der Waals surface area contributed by atoms with Gasteiger partial charge >= 0.3 is 0 Å². The standard InChI is InChI=1S/C11H14ClNO/c1-7(2)11(14)13-10-6-8(3)4-5-9(10)12/h4-7H,1-3H3,(H,13,14). The van der Waals surface area contributed by atoms with E-state index in [2.05, 4.69) is 5.32 Å². The van der Waals surface area contributed by atoms with Crippen molar-refractivity contribution < 1.29 is 4.79 Å². The summed E-state index contributed by atoms with van der Waals surface area (Å²) in [5.74, 6) is -0.0518.